The number of ether oxygens (including phenoxy) is 3. The van der Waals surface area contributed by atoms with Gasteiger partial charge in [0.1, 0.15) is 19.0 Å². The molecule has 11 heteroatoms. The minimum absolute atomic E-state index is 0.0145. The van der Waals surface area contributed by atoms with Gasteiger partial charge in [-0.15, -0.1) is 0 Å². The molecular weight excluding hydrogens is 562 g/mol. The zero-order valence-corrected chi connectivity index (χ0v) is 25.3. The topological polar surface area (TPSA) is 135 Å². The number of urea groups is 1. The number of nitrogens with zero attached hydrogens (tertiary/aromatic N) is 2. The summed E-state index contributed by atoms with van der Waals surface area (Å²) >= 11 is 0. The van der Waals surface area contributed by atoms with Gasteiger partial charge in [-0.1, -0.05) is 42.5 Å². The molecule has 238 valence electrons. The number of nitrogens with one attached hydrogen (secondary N) is 2. The van der Waals surface area contributed by atoms with Crippen LogP contribution in [-0.2, 0) is 19.1 Å². The number of amides is 4. The lowest BCUT2D eigenvalue weighted by Gasteiger charge is -2.44. The number of hydrogen-bond acceptors (Lipinski definition) is 7. The van der Waals surface area contributed by atoms with Crippen molar-refractivity contribution in [2.24, 2.45) is 11.7 Å². The highest BCUT2D eigenvalue weighted by Crippen LogP contribution is 2.39. The van der Waals surface area contributed by atoms with Crippen LogP contribution in [0.1, 0.15) is 42.7 Å². The summed E-state index contributed by atoms with van der Waals surface area (Å²) in [5, 5.41) is 5.85. The van der Waals surface area contributed by atoms with Gasteiger partial charge in [0.05, 0.1) is 31.9 Å². The second kappa shape index (κ2) is 15.9. The van der Waals surface area contributed by atoms with Gasteiger partial charge in [-0.3, -0.25) is 9.59 Å². The van der Waals surface area contributed by atoms with Crippen LogP contribution in [0.2, 0.25) is 0 Å². The monoisotopic (exact) mass is 607 g/mol. The smallest absolute Gasteiger partial charge is 0.320 e. The van der Waals surface area contributed by atoms with E-state index in [1.54, 1.807) is 0 Å². The molecule has 3 heterocycles. The molecule has 11 nitrogen and oxygen atoms in total. The van der Waals surface area contributed by atoms with Crippen molar-refractivity contribution in [2.45, 2.75) is 43.7 Å². The Hall–Kier alpha value is -3.67. The predicted octanol–water partition coefficient (Wildman–Crippen LogP) is 2.10. The van der Waals surface area contributed by atoms with Crippen LogP contribution < -0.4 is 21.1 Å². The summed E-state index contributed by atoms with van der Waals surface area (Å²) in [5.74, 6) is 1.09. The Morgan fingerprint density at radius 1 is 0.977 bits per heavy atom. The van der Waals surface area contributed by atoms with Gasteiger partial charge in [0.25, 0.3) is 0 Å². The molecule has 0 radical (unpaired) electrons. The average Bonchev–Trinajstić information content (AvgIpc) is 3.05. The summed E-state index contributed by atoms with van der Waals surface area (Å²) in [6.45, 7) is 4.63. The average molecular weight is 608 g/mol. The number of hydrogen-bond donors (Lipinski definition) is 3. The fourth-order valence-electron chi connectivity index (χ4n) is 6.49. The number of nitrogens with two attached hydrogens (primary N) is 1. The third kappa shape index (κ3) is 8.49. The number of likely N-dealkylation sites (tertiary alicyclic amines) is 2. The number of rotatable bonds is 12. The lowest BCUT2D eigenvalue weighted by atomic mass is 9.76. The Morgan fingerprint density at radius 3 is 2.55 bits per heavy atom. The first-order valence-corrected chi connectivity index (χ1v) is 15.8. The van der Waals surface area contributed by atoms with E-state index in [4.69, 9.17) is 19.9 Å². The van der Waals surface area contributed by atoms with E-state index in [1.807, 2.05) is 28.0 Å². The van der Waals surface area contributed by atoms with Crippen molar-refractivity contribution in [1.82, 2.24) is 20.4 Å². The number of carbonyl (C=O) groups excluding carboxylic acids is 3. The molecule has 44 heavy (non-hydrogen) atoms. The Morgan fingerprint density at radius 2 is 1.75 bits per heavy atom. The minimum Gasteiger partial charge on any atom is -0.492 e. The number of benzene rings is 2. The molecular formula is C33H45N5O6. The highest BCUT2D eigenvalue weighted by atomic mass is 16.5. The van der Waals surface area contributed by atoms with E-state index in [2.05, 4.69) is 47.0 Å². The Bertz CT molecular complexity index is 1240. The van der Waals surface area contributed by atoms with E-state index in [0.29, 0.717) is 71.4 Å². The van der Waals surface area contributed by atoms with Crippen molar-refractivity contribution in [3.8, 4) is 5.75 Å². The van der Waals surface area contributed by atoms with Crippen LogP contribution in [0.15, 0.2) is 54.6 Å². The SMILES string of the molecule is NCCOCCC(=O)NCCOc1cccc([C@H](c2ccccc2)C2CCN(C(=O)N3CC[C@@H]4OCC(=O)N[C@@H]4C3)CC2)c1. The van der Waals surface area contributed by atoms with Crippen molar-refractivity contribution in [3.05, 3.63) is 65.7 Å². The van der Waals surface area contributed by atoms with E-state index in [9.17, 15) is 14.4 Å². The van der Waals surface area contributed by atoms with Crippen molar-refractivity contribution in [1.29, 1.82) is 0 Å². The molecule has 0 unspecified atom stereocenters. The lowest BCUT2D eigenvalue weighted by Crippen LogP contribution is -2.62. The van der Waals surface area contributed by atoms with Gasteiger partial charge in [-0.2, -0.15) is 0 Å². The summed E-state index contributed by atoms with van der Waals surface area (Å²) in [5.41, 5.74) is 7.81. The molecule has 0 spiro atoms. The molecule has 3 aliphatic heterocycles. The summed E-state index contributed by atoms with van der Waals surface area (Å²) in [6, 6.07) is 18.6. The summed E-state index contributed by atoms with van der Waals surface area (Å²) in [6.07, 6.45) is 2.79. The van der Waals surface area contributed by atoms with Crippen LogP contribution in [0.25, 0.3) is 0 Å². The second-order valence-corrected chi connectivity index (χ2v) is 11.7. The third-order valence-corrected chi connectivity index (χ3v) is 8.68. The van der Waals surface area contributed by atoms with Crippen molar-refractivity contribution >= 4 is 17.8 Å². The molecule has 4 N–H and O–H groups in total. The van der Waals surface area contributed by atoms with E-state index in [-0.39, 0.29) is 42.5 Å². The third-order valence-electron chi connectivity index (χ3n) is 8.68. The maximum absolute atomic E-state index is 13.5. The van der Waals surface area contributed by atoms with Crippen LogP contribution >= 0.6 is 0 Å². The molecule has 0 bridgehead atoms. The van der Waals surface area contributed by atoms with Gasteiger partial charge >= 0.3 is 6.03 Å². The maximum Gasteiger partial charge on any atom is 0.320 e. The first-order valence-electron chi connectivity index (χ1n) is 15.8. The van der Waals surface area contributed by atoms with E-state index in [1.165, 1.54) is 11.1 Å². The molecule has 3 aliphatic rings. The highest BCUT2D eigenvalue weighted by Gasteiger charge is 2.38. The lowest BCUT2D eigenvalue weighted by molar-refractivity contribution is -0.139. The van der Waals surface area contributed by atoms with Crippen molar-refractivity contribution in [3.63, 3.8) is 0 Å². The van der Waals surface area contributed by atoms with Gasteiger partial charge in [-0.25, -0.2) is 4.79 Å². The van der Waals surface area contributed by atoms with E-state index in [0.717, 1.165) is 25.0 Å². The van der Waals surface area contributed by atoms with Gasteiger partial charge in [0.2, 0.25) is 11.8 Å². The minimum atomic E-state index is -0.138. The van der Waals surface area contributed by atoms with Gasteiger partial charge in [0, 0.05) is 45.1 Å². The molecule has 2 aromatic carbocycles. The summed E-state index contributed by atoms with van der Waals surface area (Å²) in [7, 11) is 0. The van der Waals surface area contributed by atoms with Crippen LogP contribution in [0.3, 0.4) is 0 Å². The number of carbonyl (C=O) groups is 3. The van der Waals surface area contributed by atoms with Gasteiger partial charge < -0.3 is 40.4 Å². The number of fused-ring (bicyclic) bond motifs is 1. The number of morpholine rings is 1. The molecule has 3 atom stereocenters. The first kappa shape index (κ1) is 31.7. The van der Waals surface area contributed by atoms with E-state index < -0.39 is 0 Å². The van der Waals surface area contributed by atoms with Crippen LogP contribution in [-0.4, -0.2) is 105 Å². The molecule has 0 aromatic heterocycles. The normalized spacial score (nSPS) is 21.2. The first-order chi connectivity index (χ1) is 21.5. The second-order valence-electron chi connectivity index (χ2n) is 11.7. The molecule has 3 fully saturated rings. The molecule has 2 aromatic rings. The van der Waals surface area contributed by atoms with Crippen molar-refractivity contribution < 1.29 is 28.6 Å². The number of piperidine rings is 2. The summed E-state index contributed by atoms with van der Waals surface area (Å²) < 4.78 is 16.9. The van der Waals surface area contributed by atoms with Crippen LogP contribution in [0.5, 0.6) is 5.75 Å². The fraction of sp³-hybridized carbons (Fsp3) is 0.545. The Balaban J connectivity index is 1.16. The largest absolute Gasteiger partial charge is 0.492 e. The van der Waals surface area contributed by atoms with Gasteiger partial charge in [-0.05, 0) is 48.4 Å². The molecule has 5 rings (SSSR count). The van der Waals surface area contributed by atoms with Crippen LogP contribution in [0.4, 0.5) is 4.79 Å². The van der Waals surface area contributed by atoms with Crippen LogP contribution in [0, 0.1) is 5.92 Å². The van der Waals surface area contributed by atoms with E-state index >= 15 is 0 Å². The zero-order valence-electron chi connectivity index (χ0n) is 25.3. The Labute approximate surface area is 259 Å². The summed E-state index contributed by atoms with van der Waals surface area (Å²) in [4.78, 5) is 41.1. The fourth-order valence-corrected chi connectivity index (χ4v) is 6.49. The quantitative estimate of drug-likeness (QED) is 0.315. The zero-order chi connectivity index (χ0) is 30.7. The predicted molar refractivity (Wildman–Crippen MR) is 165 cm³/mol. The molecule has 4 amide bonds. The molecule has 3 saturated heterocycles. The molecule has 0 aliphatic carbocycles. The van der Waals surface area contributed by atoms with Crippen molar-refractivity contribution in [2.75, 3.05) is 65.7 Å². The highest BCUT2D eigenvalue weighted by molar-refractivity contribution is 5.79. The molecule has 0 saturated carbocycles. The van der Waals surface area contributed by atoms with Gasteiger partial charge in [0.15, 0.2) is 0 Å². The Kier molecular flexibility index (Phi) is 11.5. The maximum atomic E-state index is 13.5. The standard InChI is InChI=1S/C33H45N5O6/c34-13-19-42-18-12-30(39)35-14-20-43-27-8-4-7-26(21-27)32(24-5-2-1-3-6-24)25-9-15-37(16-10-25)33(41)38-17-11-29-28(22-38)36-31(40)23-44-29/h1-8,21,25,28-29,32H,9-20,22-23,34H2,(H,35,39)(H,36,40)/t28-,29+,32-/m1/s1.